The Hall–Kier alpha value is -1.30. The van der Waals surface area contributed by atoms with Gasteiger partial charge in [-0.15, -0.1) is 0 Å². The molecule has 0 radical (unpaired) electrons. The van der Waals surface area contributed by atoms with Crippen molar-refractivity contribution in [2.75, 3.05) is 27.4 Å². The van der Waals surface area contributed by atoms with Gasteiger partial charge in [-0.2, -0.15) is 0 Å². The smallest absolute Gasteiger partial charge is 0.124 e. The lowest BCUT2D eigenvalue weighted by Gasteiger charge is -2.17. The molecule has 0 spiro atoms. The largest absolute Gasteiger partial charge is 0.497 e. The zero-order valence-electron chi connectivity index (χ0n) is 12.7. The first-order chi connectivity index (χ1) is 9.56. The van der Waals surface area contributed by atoms with Gasteiger partial charge < -0.3 is 24.6 Å². The molecule has 5 nitrogen and oxygen atoms in total. The van der Waals surface area contributed by atoms with Crippen LogP contribution in [0.15, 0.2) is 18.2 Å². The van der Waals surface area contributed by atoms with Crippen molar-refractivity contribution < 1.29 is 19.3 Å². The van der Waals surface area contributed by atoms with Gasteiger partial charge in [-0.1, -0.05) is 0 Å². The Morgan fingerprint density at radius 1 is 1.25 bits per heavy atom. The highest BCUT2D eigenvalue weighted by atomic mass is 16.5. The average Bonchev–Trinajstić information content (AvgIpc) is 2.43. The first kappa shape index (κ1) is 16.8. The van der Waals surface area contributed by atoms with Crippen LogP contribution in [0.1, 0.15) is 19.4 Å². The van der Waals surface area contributed by atoms with E-state index in [9.17, 15) is 5.11 Å². The van der Waals surface area contributed by atoms with Crippen molar-refractivity contribution in [1.29, 1.82) is 0 Å². The highest BCUT2D eigenvalue weighted by Crippen LogP contribution is 2.24. The molecule has 0 saturated heterocycles. The van der Waals surface area contributed by atoms with E-state index in [2.05, 4.69) is 5.32 Å². The van der Waals surface area contributed by atoms with Gasteiger partial charge in [0.2, 0.25) is 0 Å². The van der Waals surface area contributed by atoms with Crippen LogP contribution in [0.3, 0.4) is 0 Å². The minimum absolute atomic E-state index is 0.102. The quantitative estimate of drug-likeness (QED) is 0.720. The number of aliphatic hydroxyl groups is 1. The summed E-state index contributed by atoms with van der Waals surface area (Å²) in [4.78, 5) is 0. The van der Waals surface area contributed by atoms with Crippen molar-refractivity contribution in [2.45, 2.75) is 32.6 Å². The van der Waals surface area contributed by atoms with E-state index in [4.69, 9.17) is 14.2 Å². The molecule has 0 bridgehead atoms. The molecule has 0 saturated carbocycles. The van der Waals surface area contributed by atoms with Crippen molar-refractivity contribution in [2.24, 2.45) is 0 Å². The lowest BCUT2D eigenvalue weighted by Crippen LogP contribution is -2.25. The molecule has 0 heterocycles. The van der Waals surface area contributed by atoms with Crippen LogP contribution in [0.25, 0.3) is 0 Å². The maximum absolute atomic E-state index is 9.79. The Labute approximate surface area is 120 Å². The second kappa shape index (κ2) is 8.79. The number of aliphatic hydroxyl groups excluding tert-OH is 1. The van der Waals surface area contributed by atoms with E-state index in [1.54, 1.807) is 7.11 Å². The summed E-state index contributed by atoms with van der Waals surface area (Å²) in [5.74, 6) is 1.52. The second-order valence-corrected chi connectivity index (χ2v) is 4.85. The van der Waals surface area contributed by atoms with E-state index in [1.807, 2.05) is 39.1 Å². The Bertz CT molecular complexity index is 395. The Morgan fingerprint density at radius 2 is 2.00 bits per heavy atom. The lowest BCUT2D eigenvalue weighted by atomic mass is 10.2. The maximum Gasteiger partial charge on any atom is 0.124 e. The molecule has 0 aromatic heterocycles. The van der Waals surface area contributed by atoms with Crippen LogP contribution in [0.2, 0.25) is 0 Å². The summed E-state index contributed by atoms with van der Waals surface area (Å²) in [6, 6.07) is 5.61. The highest BCUT2D eigenvalue weighted by Gasteiger charge is 2.10. The molecule has 1 aromatic carbocycles. The maximum atomic E-state index is 9.79. The number of hydrogen-bond donors (Lipinski definition) is 2. The molecule has 0 fully saturated rings. The second-order valence-electron chi connectivity index (χ2n) is 4.85. The topological polar surface area (TPSA) is 60.0 Å². The fourth-order valence-electron chi connectivity index (χ4n) is 1.69. The number of rotatable bonds is 9. The van der Waals surface area contributed by atoms with E-state index in [-0.39, 0.29) is 19.3 Å². The summed E-state index contributed by atoms with van der Waals surface area (Å²) in [6.07, 6.45) is -0.535. The number of ether oxygens (including phenoxy) is 3. The van der Waals surface area contributed by atoms with Gasteiger partial charge in [0.15, 0.2) is 0 Å². The Balaban J connectivity index is 2.57. The molecule has 0 amide bonds. The minimum Gasteiger partial charge on any atom is -0.497 e. The third-order valence-electron chi connectivity index (χ3n) is 2.69. The van der Waals surface area contributed by atoms with Crippen molar-refractivity contribution in [3.05, 3.63) is 23.8 Å². The van der Waals surface area contributed by atoms with Crippen molar-refractivity contribution in [3.8, 4) is 11.5 Å². The minimum atomic E-state index is -0.637. The molecule has 1 rings (SSSR count). The van der Waals surface area contributed by atoms with Gasteiger partial charge in [-0.3, -0.25) is 0 Å². The summed E-state index contributed by atoms with van der Waals surface area (Å²) in [5.41, 5.74) is 0.990. The molecule has 0 aliphatic heterocycles. The molecular formula is C15H25NO4. The predicted molar refractivity (Wildman–Crippen MR) is 78.3 cm³/mol. The third kappa shape index (κ3) is 5.77. The SMILES string of the molecule is CNCc1cc(OC)ccc1OCC(O)COC(C)C. The summed E-state index contributed by atoms with van der Waals surface area (Å²) in [7, 11) is 3.50. The van der Waals surface area contributed by atoms with Crippen LogP contribution >= 0.6 is 0 Å². The molecule has 0 aliphatic rings. The van der Waals surface area contributed by atoms with Crippen molar-refractivity contribution in [1.82, 2.24) is 5.32 Å². The normalized spacial score (nSPS) is 12.5. The van der Waals surface area contributed by atoms with Crippen LogP contribution in [0, 0.1) is 0 Å². The van der Waals surface area contributed by atoms with Gasteiger partial charge in [0.1, 0.15) is 24.2 Å². The van der Waals surface area contributed by atoms with Crippen molar-refractivity contribution in [3.63, 3.8) is 0 Å². The van der Waals surface area contributed by atoms with E-state index in [0.29, 0.717) is 6.54 Å². The van der Waals surface area contributed by atoms with Crippen LogP contribution in [-0.2, 0) is 11.3 Å². The number of hydrogen-bond acceptors (Lipinski definition) is 5. The first-order valence-electron chi connectivity index (χ1n) is 6.80. The lowest BCUT2D eigenvalue weighted by molar-refractivity contribution is -0.0124. The monoisotopic (exact) mass is 283 g/mol. The van der Waals surface area contributed by atoms with Crippen LogP contribution < -0.4 is 14.8 Å². The fourth-order valence-corrected chi connectivity index (χ4v) is 1.69. The molecule has 20 heavy (non-hydrogen) atoms. The molecule has 1 unspecified atom stereocenters. The fraction of sp³-hybridized carbons (Fsp3) is 0.600. The van der Waals surface area contributed by atoms with Gasteiger partial charge in [0.25, 0.3) is 0 Å². The van der Waals surface area contributed by atoms with Gasteiger partial charge >= 0.3 is 0 Å². The highest BCUT2D eigenvalue weighted by molar-refractivity contribution is 5.40. The van der Waals surface area contributed by atoms with Crippen LogP contribution in [-0.4, -0.2) is 44.7 Å². The number of nitrogens with one attached hydrogen (secondary N) is 1. The van der Waals surface area contributed by atoms with Crippen LogP contribution in [0.5, 0.6) is 11.5 Å². The van der Waals surface area contributed by atoms with Crippen molar-refractivity contribution >= 4 is 0 Å². The average molecular weight is 283 g/mol. The summed E-state index contributed by atoms with van der Waals surface area (Å²) in [6.45, 7) is 5.01. The standard InChI is InChI=1S/C15H25NO4/c1-11(2)19-9-13(17)10-20-15-6-5-14(18-4)7-12(15)8-16-3/h5-7,11,13,16-17H,8-10H2,1-4H3. The summed E-state index contributed by atoms with van der Waals surface area (Å²) >= 11 is 0. The van der Waals surface area contributed by atoms with Crippen LogP contribution in [0.4, 0.5) is 0 Å². The summed E-state index contributed by atoms with van der Waals surface area (Å²) in [5, 5.41) is 12.9. The summed E-state index contributed by atoms with van der Waals surface area (Å²) < 4.78 is 16.2. The molecule has 114 valence electrons. The van der Waals surface area contributed by atoms with Gasteiger partial charge in [-0.05, 0) is 39.1 Å². The van der Waals surface area contributed by atoms with E-state index in [0.717, 1.165) is 17.1 Å². The molecule has 2 N–H and O–H groups in total. The van der Waals surface area contributed by atoms with Gasteiger partial charge in [0.05, 0.1) is 19.8 Å². The van der Waals surface area contributed by atoms with E-state index >= 15 is 0 Å². The Kier molecular flexibility index (Phi) is 7.36. The third-order valence-corrected chi connectivity index (χ3v) is 2.69. The first-order valence-corrected chi connectivity index (χ1v) is 6.80. The number of benzene rings is 1. The van der Waals surface area contributed by atoms with E-state index < -0.39 is 6.10 Å². The number of methoxy groups -OCH3 is 1. The molecule has 5 heteroatoms. The molecular weight excluding hydrogens is 258 g/mol. The zero-order chi connectivity index (χ0) is 15.0. The Morgan fingerprint density at radius 3 is 2.60 bits per heavy atom. The molecule has 0 aliphatic carbocycles. The van der Waals surface area contributed by atoms with Gasteiger partial charge in [-0.25, -0.2) is 0 Å². The predicted octanol–water partition coefficient (Wildman–Crippen LogP) is 1.58. The van der Waals surface area contributed by atoms with E-state index in [1.165, 1.54) is 0 Å². The zero-order valence-corrected chi connectivity index (χ0v) is 12.7. The molecule has 1 atom stereocenters. The molecule has 1 aromatic rings. The van der Waals surface area contributed by atoms with Gasteiger partial charge in [0, 0.05) is 12.1 Å².